The van der Waals surface area contributed by atoms with Gasteiger partial charge in [-0.15, -0.1) is 0 Å². The number of likely N-dealkylation sites (tertiary alicyclic amines) is 1. The first-order valence-corrected chi connectivity index (χ1v) is 8.28. The summed E-state index contributed by atoms with van der Waals surface area (Å²) in [6.45, 7) is 4.91. The minimum atomic E-state index is -0.0531. The second kappa shape index (κ2) is 7.75. The number of carbonyl (C=O) groups excluding carboxylic acids is 1. The summed E-state index contributed by atoms with van der Waals surface area (Å²) in [6.07, 6.45) is 4.86. The van der Waals surface area contributed by atoms with Gasteiger partial charge in [0.05, 0.1) is 5.56 Å². The van der Waals surface area contributed by atoms with Gasteiger partial charge in [-0.05, 0) is 54.9 Å². The Bertz CT molecular complexity index is 495. The van der Waals surface area contributed by atoms with Crippen LogP contribution in [0.15, 0.2) is 16.7 Å². The number of halogens is 1. The number of amides is 1. The Morgan fingerprint density at radius 3 is 3.10 bits per heavy atom. The third-order valence-electron chi connectivity index (χ3n) is 3.60. The van der Waals surface area contributed by atoms with E-state index in [1.165, 1.54) is 0 Å². The molecule has 1 saturated heterocycles. The predicted octanol–water partition coefficient (Wildman–Crippen LogP) is 2.49. The lowest BCUT2D eigenvalue weighted by atomic mass is 10.1. The van der Waals surface area contributed by atoms with Crippen LogP contribution in [-0.2, 0) is 0 Å². The number of aromatic nitrogens is 1. The van der Waals surface area contributed by atoms with Gasteiger partial charge in [0, 0.05) is 29.8 Å². The van der Waals surface area contributed by atoms with Crippen molar-refractivity contribution < 1.29 is 4.79 Å². The summed E-state index contributed by atoms with van der Waals surface area (Å²) in [6, 6.07) is 2.04. The molecule has 1 atom stereocenters. The smallest absolute Gasteiger partial charge is 0.255 e. The molecule has 2 N–H and O–H groups in total. The number of pyridine rings is 1. The van der Waals surface area contributed by atoms with Crippen LogP contribution < -0.4 is 10.6 Å². The largest absolute Gasteiger partial charge is 0.369 e. The normalized spacial score (nSPS) is 19.3. The Hall–Kier alpha value is -1.14. The van der Waals surface area contributed by atoms with Crippen LogP contribution in [-0.4, -0.2) is 48.5 Å². The van der Waals surface area contributed by atoms with Gasteiger partial charge in [0.2, 0.25) is 0 Å². The fourth-order valence-electron chi connectivity index (χ4n) is 2.54. The highest BCUT2D eigenvalue weighted by Crippen LogP contribution is 2.19. The highest BCUT2D eigenvalue weighted by atomic mass is 79.9. The van der Waals surface area contributed by atoms with Crippen molar-refractivity contribution in [1.82, 2.24) is 15.2 Å². The number of hydrogen-bond acceptors (Lipinski definition) is 4. The summed E-state index contributed by atoms with van der Waals surface area (Å²) < 4.78 is 0.815. The summed E-state index contributed by atoms with van der Waals surface area (Å²) in [5.74, 6) is 0.601. The van der Waals surface area contributed by atoms with Gasteiger partial charge >= 0.3 is 0 Å². The second-order valence-electron chi connectivity index (χ2n) is 5.55. The lowest BCUT2D eigenvalue weighted by molar-refractivity contribution is 0.0913. The highest BCUT2D eigenvalue weighted by Gasteiger charge is 2.21. The maximum absolute atomic E-state index is 12.5. The molecule has 1 aliphatic rings. The van der Waals surface area contributed by atoms with Gasteiger partial charge in [-0.25, -0.2) is 4.98 Å². The Labute approximate surface area is 134 Å². The van der Waals surface area contributed by atoms with E-state index in [0.717, 1.165) is 43.4 Å². The van der Waals surface area contributed by atoms with E-state index in [9.17, 15) is 4.79 Å². The van der Waals surface area contributed by atoms with Gasteiger partial charge in [-0.1, -0.05) is 6.92 Å². The number of piperidine rings is 1. The fourth-order valence-corrected chi connectivity index (χ4v) is 2.88. The van der Waals surface area contributed by atoms with Crippen molar-refractivity contribution in [2.45, 2.75) is 32.2 Å². The molecule has 5 nitrogen and oxygen atoms in total. The molecule has 0 spiro atoms. The molecule has 1 aromatic heterocycles. The van der Waals surface area contributed by atoms with Crippen LogP contribution in [0.25, 0.3) is 0 Å². The molecule has 2 heterocycles. The van der Waals surface area contributed by atoms with E-state index in [1.54, 1.807) is 6.20 Å². The van der Waals surface area contributed by atoms with Gasteiger partial charge in [0.15, 0.2) is 0 Å². The number of carbonyl (C=O) groups is 1. The summed E-state index contributed by atoms with van der Waals surface area (Å²) in [5.41, 5.74) is 0.603. The minimum Gasteiger partial charge on any atom is -0.369 e. The molecule has 116 valence electrons. The maximum atomic E-state index is 12.5. The van der Waals surface area contributed by atoms with Crippen molar-refractivity contribution in [2.24, 2.45) is 0 Å². The molecule has 0 radical (unpaired) electrons. The number of hydrogen-bond donors (Lipinski definition) is 2. The first-order valence-electron chi connectivity index (χ1n) is 7.49. The Kier molecular flexibility index (Phi) is 5.99. The summed E-state index contributed by atoms with van der Waals surface area (Å²) in [7, 11) is 2.09. The van der Waals surface area contributed by atoms with E-state index in [1.807, 2.05) is 6.07 Å². The topological polar surface area (TPSA) is 57.3 Å². The fraction of sp³-hybridized carbons (Fsp3) is 0.600. The molecule has 0 aromatic carbocycles. The first kappa shape index (κ1) is 16.2. The van der Waals surface area contributed by atoms with Crippen molar-refractivity contribution in [3.8, 4) is 0 Å². The molecular weight excluding hydrogens is 332 g/mol. The van der Waals surface area contributed by atoms with Crippen LogP contribution in [0.3, 0.4) is 0 Å². The number of likely N-dealkylation sites (N-methyl/N-ethyl adjacent to an activating group) is 1. The van der Waals surface area contributed by atoms with Gasteiger partial charge in [0.25, 0.3) is 5.91 Å². The summed E-state index contributed by atoms with van der Waals surface area (Å²) >= 11 is 3.39. The van der Waals surface area contributed by atoms with Crippen molar-refractivity contribution in [1.29, 1.82) is 0 Å². The van der Waals surface area contributed by atoms with E-state index in [2.05, 4.69) is 50.4 Å². The predicted molar refractivity (Wildman–Crippen MR) is 88.7 cm³/mol. The quantitative estimate of drug-likeness (QED) is 0.852. The molecule has 1 amide bonds. The van der Waals surface area contributed by atoms with Crippen LogP contribution >= 0.6 is 15.9 Å². The molecular formula is C15H23BrN4O. The van der Waals surface area contributed by atoms with Crippen LogP contribution in [0.2, 0.25) is 0 Å². The zero-order valence-corrected chi connectivity index (χ0v) is 14.2. The molecule has 1 aromatic rings. The number of rotatable bonds is 5. The molecule has 6 heteroatoms. The minimum absolute atomic E-state index is 0.0531. The Morgan fingerprint density at radius 1 is 1.57 bits per heavy atom. The van der Waals surface area contributed by atoms with Gasteiger partial charge in [-0.2, -0.15) is 0 Å². The van der Waals surface area contributed by atoms with Gasteiger partial charge < -0.3 is 15.5 Å². The van der Waals surface area contributed by atoms with Crippen LogP contribution in [0.1, 0.15) is 36.5 Å². The third kappa shape index (κ3) is 4.68. The zero-order valence-electron chi connectivity index (χ0n) is 12.7. The Balaban J connectivity index is 2.08. The van der Waals surface area contributed by atoms with E-state index in [-0.39, 0.29) is 11.9 Å². The molecule has 1 unspecified atom stereocenters. The number of nitrogens with one attached hydrogen (secondary N) is 2. The van der Waals surface area contributed by atoms with Crippen molar-refractivity contribution in [2.75, 3.05) is 32.0 Å². The second-order valence-corrected chi connectivity index (χ2v) is 6.47. The molecule has 0 bridgehead atoms. The lowest BCUT2D eigenvalue weighted by Gasteiger charge is -2.30. The molecule has 0 aliphatic carbocycles. The maximum Gasteiger partial charge on any atom is 0.255 e. The standard InChI is InChI=1S/C15H23BrN4O/c1-3-6-17-14-13(8-11(16)9-18-14)15(21)19-12-5-4-7-20(2)10-12/h8-9,12H,3-7,10H2,1-2H3,(H,17,18)(H,19,21). The van der Waals surface area contributed by atoms with Gasteiger partial charge in [0.1, 0.15) is 5.82 Å². The monoisotopic (exact) mass is 354 g/mol. The van der Waals surface area contributed by atoms with Crippen LogP contribution in [0.5, 0.6) is 0 Å². The van der Waals surface area contributed by atoms with Gasteiger partial charge in [-0.3, -0.25) is 4.79 Å². The van der Waals surface area contributed by atoms with E-state index in [4.69, 9.17) is 0 Å². The average Bonchev–Trinajstić information content (AvgIpc) is 2.46. The Morgan fingerprint density at radius 2 is 2.38 bits per heavy atom. The lowest BCUT2D eigenvalue weighted by Crippen LogP contribution is -2.46. The van der Waals surface area contributed by atoms with E-state index < -0.39 is 0 Å². The molecule has 1 fully saturated rings. The summed E-state index contributed by atoms with van der Waals surface area (Å²) in [4.78, 5) is 19.1. The van der Waals surface area contributed by atoms with E-state index in [0.29, 0.717) is 11.4 Å². The van der Waals surface area contributed by atoms with Crippen LogP contribution in [0, 0.1) is 0 Å². The highest BCUT2D eigenvalue weighted by molar-refractivity contribution is 9.10. The van der Waals surface area contributed by atoms with Crippen molar-refractivity contribution in [3.63, 3.8) is 0 Å². The van der Waals surface area contributed by atoms with E-state index >= 15 is 0 Å². The van der Waals surface area contributed by atoms with Crippen molar-refractivity contribution in [3.05, 3.63) is 22.3 Å². The molecule has 2 rings (SSSR count). The number of nitrogens with zero attached hydrogens (tertiary/aromatic N) is 2. The average molecular weight is 355 g/mol. The third-order valence-corrected chi connectivity index (χ3v) is 4.03. The van der Waals surface area contributed by atoms with Crippen LogP contribution in [0.4, 0.5) is 5.82 Å². The summed E-state index contributed by atoms with van der Waals surface area (Å²) in [5, 5.41) is 6.34. The molecule has 21 heavy (non-hydrogen) atoms. The number of anilines is 1. The first-order chi connectivity index (χ1) is 10.1. The zero-order chi connectivity index (χ0) is 15.2. The van der Waals surface area contributed by atoms with Crippen molar-refractivity contribution >= 4 is 27.7 Å². The molecule has 1 aliphatic heterocycles. The molecule has 0 saturated carbocycles. The SMILES string of the molecule is CCCNc1ncc(Br)cc1C(=O)NC1CCCN(C)C1.